The van der Waals surface area contributed by atoms with Crippen LogP contribution in [0.25, 0.3) is 0 Å². The van der Waals surface area contributed by atoms with Crippen LogP contribution in [0.3, 0.4) is 0 Å². The standard InChI is InChI=1S/C19H28N4O3S2.HI/c1-4-20-19(21-12-13-22-28(24,25)18-7-6-14-27-18)23(3)15-16-8-10-17(11-9-16)26-5-2;/h6-11,14,22H,4-5,12-13,15H2,1-3H3,(H,20,21);1H. The third-order valence-electron chi connectivity index (χ3n) is 3.78. The van der Waals surface area contributed by atoms with Crippen LogP contribution in [-0.4, -0.2) is 52.6 Å². The molecular weight excluding hydrogens is 523 g/mol. The van der Waals surface area contributed by atoms with Crippen molar-refractivity contribution in [2.75, 3.05) is 33.3 Å². The summed E-state index contributed by atoms with van der Waals surface area (Å²) >= 11 is 1.20. The van der Waals surface area contributed by atoms with E-state index in [1.807, 2.05) is 50.1 Å². The minimum atomic E-state index is -3.45. The van der Waals surface area contributed by atoms with Gasteiger partial charge in [0.25, 0.3) is 0 Å². The molecule has 0 aliphatic carbocycles. The average molecular weight is 553 g/mol. The van der Waals surface area contributed by atoms with E-state index >= 15 is 0 Å². The predicted octanol–water partition coefficient (Wildman–Crippen LogP) is 3.14. The van der Waals surface area contributed by atoms with E-state index in [1.165, 1.54) is 11.3 Å². The first-order valence-electron chi connectivity index (χ1n) is 9.20. The smallest absolute Gasteiger partial charge is 0.250 e. The Kier molecular flexibility index (Phi) is 11.5. The molecule has 1 aromatic carbocycles. The van der Waals surface area contributed by atoms with E-state index in [2.05, 4.69) is 15.0 Å². The van der Waals surface area contributed by atoms with Crippen LogP contribution < -0.4 is 14.8 Å². The number of hydrogen-bond acceptors (Lipinski definition) is 5. The fourth-order valence-electron chi connectivity index (χ4n) is 2.51. The maximum absolute atomic E-state index is 12.1. The van der Waals surface area contributed by atoms with Crippen LogP contribution in [0.5, 0.6) is 5.75 Å². The Bertz CT molecular complexity index is 841. The summed E-state index contributed by atoms with van der Waals surface area (Å²) < 4.78 is 32.6. The fraction of sp³-hybridized carbons (Fsp3) is 0.421. The van der Waals surface area contributed by atoms with E-state index in [1.54, 1.807) is 17.5 Å². The highest BCUT2D eigenvalue weighted by Crippen LogP contribution is 2.15. The van der Waals surface area contributed by atoms with Crippen molar-refractivity contribution in [3.8, 4) is 5.75 Å². The number of nitrogens with zero attached hydrogens (tertiary/aromatic N) is 2. The molecule has 0 bridgehead atoms. The second-order valence-electron chi connectivity index (χ2n) is 6.00. The summed E-state index contributed by atoms with van der Waals surface area (Å²) in [7, 11) is -1.50. The maximum atomic E-state index is 12.1. The summed E-state index contributed by atoms with van der Waals surface area (Å²) in [6.07, 6.45) is 0. The van der Waals surface area contributed by atoms with Crippen LogP contribution >= 0.6 is 35.3 Å². The van der Waals surface area contributed by atoms with E-state index in [0.717, 1.165) is 23.8 Å². The van der Waals surface area contributed by atoms with Crippen molar-refractivity contribution in [1.29, 1.82) is 0 Å². The topological polar surface area (TPSA) is 83.0 Å². The molecule has 7 nitrogen and oxygen atoms in total. The SMILES string of the molecule is CCNC(=NCCNS(=O)(=O)c1cccs1)N(C)Cc1ccc(OCC)cc1.I. The lowest BCUT2D eigenvalue weighted by atomic mass is 10.2. The van der Waals surface area contributed by atoms with Crippen molar-refractivity contribution in [3.05, 3.63) is 47.3 Å². The third-order valence-corrected chi connectivity index (χ3v) is 6.63. The van der Waals surface area contributed by atoms with Crippen molar-refractivity contribution in [3.63, 3.8) is 0 Å². The molecule has 2 rings (SSSR count). The van der Waals surface area contributed by atoms with Gasteiger partial charge in [-0.15, -0.1) is 35.3 Å². The molecule has 162 valence electrons. The lowest BCUT2D eigenvalue weighted by Crippen LogP contribution is -2.39. The molecule has 0 unspecified atom stereocenters. The molecule has 0 aliphatic heterocycles. The van der Waals surface area contributed by atoms with E-state index < -0.39 is 10.0 Å². The van der Waals surface area contributed by atoms with Gasteiger partial charge in [-0.1, -0.05) is 18.2 Å². The van der Waals surface area contributed by atoms with E-state index in [4.69, 9.17) is 4.74 Å². The molecule has 1 heterocycles. The number of hydrogen-bond donors (Lipinski definition) is 2. The van der Waals surface area contributed by atoms with Crippen LogP contribution in [0.1, 0.15) is 19.4 Å². The molecule has 0 saturated heterocycles. The Morgan fingerprint density at radius 1 is 1.21 bits per heavy atom. The zero-order valence-corrected chi connectivity index (χ0v) is 20.9. The zero-order chi connectivity index (χ0) is 20.4. The number of nitrogens with one attached hydrogen (secondary N) is 2. The molecular formula is C19H29IN4O3S2. The molecule has 0 spiro atoms. The molecule has 29 heavy (non-hydrogen) atoms. The number of thiophene rings is 1. The number of halogens is 1. The molecule has 0 aliphatic rings. The molecule has 0 radical (unpaired) electrons. The van der Waals surface area contributed by atoms with Gasteiger partial charge >= 0.3 is 0 Å². The van der Waals surface area contributed by atoms with Gasteiger partial charge < -0.3 is 15.0 Å². The highest BCUT2D eigenvalue weighted by molar-refractivity contribution is 14.0. The largest absolute Gasteiger partial charge is 0.494 e. The number of sulfonamides is 1. The third kappa shape index (κ3) is 8.49. The number of guanidine groups is 1. The van der Waals surface area contributed by atoms with Crippen molar-refractivity contribution in [1.82, 2.24) is 14.9 Å². The molecule has 0 fully saturated rings. The second kappa shape index (κ2) is 13.0. The molecule has 0 saturated carbocycles. The molecule has 0 atom stereocenters. The molecule has 1 aromatic heterocycles. The fourth-order valence-corrected chi connectivity index (χ4v) is 4.56. The highest BCUT2D eigenvalue weighted by atomic mass is 127. The summed E-state index contributed by atoms with van der Waals surface area (Å²) in [4.78, 5) is 6.53. The van der Waals surface area contributed by atoms with Crippen LogP contribution in [0.15, 0.2) is 51.0 Å². The molecule has 2 N–H and O–H groups in total. The van der Waals surface area contributed by atoms with Crippen LogP contribution in [0.4, 0.5) is 0 Å². The normalized spacial score (nSPS) is 11.6. The summed E-state index contributed by atoms with van der Waals surface area (Å²) in [5.74, 6) is 1.58. The minimum absolute atomic E-state index is 0. The first-order chi connectivity index (χ1) is 13.5. The minimum Gasteiger partial charge on any atom is -0.494 e. The average Bonchev–Trinajstić information content (AvgIpc) is 3.22. The summed E-state index contributed by atoms with van der Waals surface area (Å²) in [5.41, 5.74) is 1.13. The van der Waals surface area contributed by atoms with Gasteiger partial charge in [-0.05, 0) is 43.0 Å². The predicted molar refractivity (Wildman–Crippen MR) is 130 cm³/mol. The van der Waals surface area contributed by atoms with Gasteiger partial charge in [0, 0.05) is 26.7 Å². The first kappa shape index (κ1) is 25.7. The summed E-state index contributed by atoms with van der Waals surface area (Å²) in [5, 5.41) is 4.98. The molecule has 2 aromatic rings. The van der Waals surface area contributed by atoms with Crippen molar-refractivity contribution >= 4 is 51.3 Å². The number of rotatable bonds is 10. The van der Waals surface area contributed by atoms with Gasteiger partial charge in [0.2, 0.25) is 10.0 Å². The quantitative estimate of drug-likeness (QED) is 0.205. The monoisotopic (exact) mass is 552 g/mol. The Balaban J connectivity index is 0.00000420. The van der Waals surface area contributed by atoms with Gasteiger partial charge in [-0.3, -0.25) is 4.99 Å². The molecule has 10 heteroatoms. The van der Waals surface area contributed by atoms with Crippen LogP contribution in [0.2, 0.25) is 0 Å². The van der Waals surface area contributed by atoms with Gasteiger partial charge in [0.05, 0.1) is 13.2 Å². The Hall–Kier alpha value is -1.37. The zero-order valence-electron chi connectivity index (χ0n) is 16.9. The van der Waals surface area contributed by atoms with E-state index in [9.17, 15) is 8.42 Å². The van der Waals surface area contributed by atoms with Crippen molar-refractivity contribution in [2.24, 2.45) is 4.99 Å². The first-order valence-corrected chi connectivity index (χ1v) is 11.6. The number of benzene rings is 1. The van der Waals surface area contributed by atoms with Gasteiger partial charge in [-0.25, -0.2) is 13.1 Å². The van der Waals surface area contributed by atoms with Gasteiger partial charge in [0.15, 0.2) is 5.96 Å². The number of aliphatic imine (C=N–C) groups is 1. The Morgan fingerprint density at radius 3 is 2.52 bits per heavy atom. The lowest BCUT2D eigenvalue weighted by molar-refractivity contribution is 0.340. The van der Waals surface area contributed by atoms with Crippen LogP contribution in [0, 0.1) is 0 Å². The van der Waals surface area contributed by atoms with E-state index in [0.29, 0.717) is 23.9 Å². The maximum Gasteiger partial charge on any atom is 0.250 e. The summed E-state index contributed by atoms with van der Waals surface area (Å²) in [6, 6.07) is 11.3. The lowest BCUT2D eigenvalue weighted by Gasteiger charge is -2.22. The Morgan fingerprint density at radius 2 is 1.93 bits per heavy atom. The number of ether oxygens (including phenoxy) is 1. The van der Waals surface area contributed by atoms with Gasteiger partial charge in [-0.2, -0.15) is 0 Å². The van der Waals surface area contributed by atoms with Crippen molar-refractivity contribution in [2.45, 2.75) is 24.6 Å². The van der Waals surface area contributed by atoms with E-state index in [-0.39, 0.29) is 30.5 Å². The van der Waals surface area contributed by atoms with Crippen LogP contribution in [-0.2, 0) is 16.6 Å². The van der Waals surface area contributed by atoms with Gasteiger partial charge in [0.1, 0.15) is 9.96 Å². The molecule has 0 amide bonds. The highest BCUT2D eigenvalue weighted by Gasteiger charge is 2.14. The second-order valence-corrected chi connectivity index (χ2v) is 8.94. The Labute approximate surface area is 194 Å². The van der Waals surface area contributed by atoms with Crippen molar-refractivity contribution < 1.29 is 13.2 Å². The summed E-state index contributed by atoms with van der Waals surface area (Å²) in [6.45, 7) is 6.60.